The normalized spacial score (nSPS) is 11.1. The summed E-state index contributed by atoms with van der Waals surface area (Å²) in [6, 6.07) is 13.3. The number of carbonyl (C=O) groups is 1. The number of nitrogen functional groups attached to an aromatic ring is 1. The molecule has 0 atom stereocenters. The van der Waals surface area contributed by atoms with Gasteiger partial charge in [-0.05, 0) is 43.4 Å². The summed E-state index contributed by atoms with van der Waals surface area (Å²) < 4.78 is 10.9. The average molecular weight is 409 g/mol. The third-order valence-corrected chi connectivity index (χ3v) is 4.87. The van der Waals surface area contributed by atoms with Crippen molar-refractivity contribution < 1.29 is 13.9 Å². The minimum absolute atomic E-state index is 0.171. The van der Waals surface area contributed by atoms with Gasteiger partial charge in [0.1, 0.15) is 11.5 Å². The van der Waals surface area contributed by atoms with Crippen molar-refractivity contribution in [1.82, 2.24) is 14.8 Å². The van der Waals surface area contributed by atoms with Crippen LogP contribution in [-0.2, 0) is 11.3 Å². The first-order chi connectivity index (χ1) is 14.4. The zero-order valence-electron chi connectivity index (χ0n) is 17.9. The van der Waals surface area contributed by atoms with E-state index in [2.05, 4.69) is 4.98 Å². The van der Waals surface area contributed by atoms with Crippen LogP contribution >= 0.6 is 0 Å². The van der Waals surface area contributed by atoms with Crippen LogP contribution < -0.4 is 5.73 Å². The number of rotatable bonds is 8. The van der Waals surface area contributed by atoms with E-state index in [1.807, 2.05) is 55.4 Å². The number of hydrogen-bond donors (Lipinski definition) is 1. The molecule has 0 aliphatic heterocycles. The molecule has 1 aromatic carbocycles. The Morgan fingerprint density at radius 3 is 2.53 bits per heavy atom. The van der Waals surface area contributed by atoms with Crippen LogP contribution in [0.4, 0.5) is 5.82 Å². The summed E-state index contributed by atoms with van der Waals surface area (Å²) in [6.07, 6.45) is 1.58. The van der Waals surface area contributed by atoms with E-state index in [9.17, 15) is 4.79 Å². The summed E-state index contributed by atoms with van der Waals surface area (Å²) in [6.45, 7) is 1.73. The number of amides is 1. The summed E-state index contributed by atoms with van der Waals surface area (Å²) in [4.78, 5) is 21.5. The largest absolute Gasteiger partial charge is 0.463 e. The summed E-state index contributed by atoms with van der Waals surface area (Å²) in [5, 5.41) is 0. The third kappa shape index (κ3) is 4.69. The molecule has 0 saturated carbocycles. The zero-order chi connectivity index (χ0) is 21.7. The van der Waals surface area contributed by atoms with Gasteiger partial charge in [0.25, 0.3) is 5.91 Å². The highest BCUT2D eigenvalue weighted by Crippen LogP contribution is 2.34. The number of furan rings is 1. The maximum absolute atomic E-state index is 13.4. The molecular formula is C23H28N4O3. The Hall–Kier alpha value is -3.16. The first-order valence-electron chi connectivity index (χ1n) is 9.74. The fourth-order valence-electron chi connectivity index (χ4n) is 3.26. The van der Waals surface area contributed by atoms with Gasteiger partial charge in [-0.2, -0.15) is 0 Å². The highest BCUT2D eigenvalue weighted by molar-refractivity contribution is 6.05. The maximum Gasteiger partial charge on any atom is 0.258 e. The Morgan fingerprint density at radius 1 is 1.10 bits per heavy atom. The Kier molecular flexibility index (Phi) is 6.87. The fourth-order valence-corrected chi connectivity index (χ4v) is 3.26. The van der Waals surface area contributed by atoms with Crippen LogP contribution in [0.5, 0.6) is 0 Å². The first-order valence-corrected chi connectivity index (χ1v) is 9.74. The standard InChI is InChI=1S/C23H28N4O3/c1-26(2)11-12-27(3)23(28)21-18(17-9-6-5-8-16(17)15-29-4)14-19(25-22(21)24)20-10-7-13-30-20/h5-10,13-14H,11-12,15H2,1-4H3,(H2,24,25). The molecule has 3 rings (SSSR count). The molecule has 0 fully saturated rings. The predicted molar refractivity (Wildman–Crippen MR) is 118 cm³/mol. The van der Waals surface area contributed by atoms with Crippen molar-refractivity contribution in [3.05, 3.63) is 59.9 Å². The van der Waals surface area contributed by atoms with Crippen molar-refractivity contribution in [1.29, 1.82) is 0 Å². The Balaban J connectivity index is 2.15. The Labute approximate surface area is 177 Å². The predicted octanol–water partition coefficient (Wildman–Crippen LogP) is 3.37. The number of aromatic nitrogens is 1. The van der Waals surface area contributed by atoms with Gasteiger partial charge in [-0.25, -0.2) is 4.98 Å². The highest BCUT2D eigenvalue weighted by Gasteiger charge is 2.24. The molecule has 0 spiro atoms. The van der Waals surface area contributed by atoms with E-state index >= 15 is 0 Å². The molecule has 7 heteroatoms. The van der Waals surface area contributed by atoms with E-state index in [0.717, 1.165) is 17.7 Å². The summed E-state index contributed by atoms with van der Waals surface area (Å²) in [7, 11) is 7.36. The van der Waals surface area contributed by atoms with Crippen molar-refractivity contribution >= 4 is 11.7 Å². The first kappa shape index (κ1) is 21.5. The van der Waals surface area contributed by atoms with Gasteiger partial charge in [-0.3, -0.25) is 4.79 Å². The van der Waals surface area contributed by atoms with Crippen molar-refractivity contribution in [2.45, 2.75) is 6.61 Å². The number of methoxy groups -OCH3 is 1. The molecule has 158 valence electrons. The minimum atomic E-state index is -0.171. The topological polar surface area (TPSA) is 84.8 Å². The number of hydrogen-bond acceptors (Lipinski definition) is 6. The molecule has 0 bridgehead atoms. The van der Waals surface area contributed by atoms with Crippen molar-refractivity contribution in [3.8, 4) is 22.6 Å². The van der Waals surface area contributed by atoms with Crippen LogP contribution in [0.2, 0.25) is 0 Å². The number of pyridine rings is 1. The Morgan fingerprint density at radius 2 is 1.87 bits per heavy atom. The highest BCUT2D eigenvalue weighted by atomic mass is 16.5. The second-order valence-corrected chi connectivity index (χ2v) is 7.41. The van der Waals surface area contributed by atoms with Crippen LogP contribution in [0.15, 0.2) is 53.1 Å². The molecule has 2 aromatic heterocycles. The number of ether oxygens (including phenoxy) is 1. The number of anilines is 1. The Bertz CT molecular complexity index is 1000. The van der Waals surface area contributed by atoms with Crippen LogP contribution in [0.1, 0.15) is 15.9 Å². The molecule has 0 radical (unpaired) electrons. The van der Waals surface area contributed by atoms with E-state index in [1.54, 1.807) is 31.4 Å². The van der Waals surface area contributed by atoms with E-state index in [4.69, 9.17) is 14.9 Å². The van der Waals surface area contributed by atoms with Gasteiger partial charge in [0.05, 0.1) is 18.4 Å². The van der Waals surface area contributed by atoms with Crippen LogP contribution in [0.25, 0.3) is 22.6 Å². The van der Waals surface area contributed by atoms with Gasteiger partial charge in [0.15, 0.2) is 5.76 Å². The molecule has 0 saturated heterocycles. The van der Waals surface area contributed by atoms with Gasteiger partial charge >= 0.3 is 0 Å². The molecular weight excluding hydrogens is 380 g/mol. The van der Waals surface area contributed by atoms with Gasteiger partial charge in [0, 0.05) is 32.8 Å². The monoisotopic (exact) mass is 408 g/mol. The van der Waals surface area contributed by atoms with E-state index < -0.39 is 0 Å². The molecule has 0 unspecified atom stereocenters. The molecule has 30 heavy (non-hydrogen) atoms. The van der Waals surface area contributed by atoms with E-state index in [1.165, 1.54) is 0 Å². The van der Waals surface area contributed by atoms with Crippen molar-refractivity contribution in [2.24, 2.45) is 0 Å². The van der Waals surface area contributed by atoms with Gasteiger partial charge in [-0.15, -0.1) is 0 Å². The fraction of sp³-hybridized carbons (Fsp3) is 0.304. The molecule has 7 nitrogen and oxygen atoms in total. The van der Waals surface area contributed by atoms with Gasteiger partial charge in [0.2, 0.25) is 0 Å². The number of benzene rings is 1. The van der Waals surface area contributed by atoms with E-state index in [-0.39, 0.29) is 11.7 Å². The minimum Gasteiger partial charge on any atom is -0.463 e. The lowest BCUT2D eigenvalue weighted by Crippen LogP contribution is -2.34. The SMILES string of the molecule is COCc1ccccc1-c1cc(-c2ccco2)nc(N)c1C(=O)N(C)CCN(C)C. The van der Waals surface area contributed by atoms with Crippen molar-refractivity contribution in [2.75, 3.05) is 47.1 Å². The van der Waals surface area contributed by atoms with Gasteiger partial charge < -0.3 is 24.7 Å². The zero-order valence-corrected chi connectivity index (χ0v) is 17.9. The third-order valence-electron chi connectivity index (χ3n) is 4.87. The van der Waals surface area contributed by atoms with Crippen LogP contribution in [0.3, 0.4) is 0 Å². The molecule has 1 amide bonds. The molecule has 0 aliphatic carbocycles. The van der Waals surface area contributed by atoms with Crippen LogP contribution in [-0.4, -0.2) is 62.0 Å². The molecule has 2 N–H and O–H groups in total. The number of nitrogens with two attached hydrogens (primary N) is 1. The maximum atomic E-state index is 13.4. The van der Waals surface area contributed by atoms with Crippen LogP contribution in [0, 0.1) is 0 Å². The summed E-state index contributed by atoms with van der Waals surface area (Å²) >= 11 is 0. The number of likely N-dealkylation sites (N-methyl/N-ethyl adjacent to an activating group) is 2. The quantitative estimate of drug-likeness (QED) is 0.615. The average Bonchev–Trinajstić information content (AvgIpc) is 3.26. The van der Waals surface area contributed by atoms with Gasteiger partial charge in [-0.1, -0.05) is 24.3 Å². The number of nitrogens with zero attached hydrogens (tertiary/aromatic N) is 3. The lowest BCUT2D eigenvalue weighted by atomic mass is 9.94. The lowest BCUT2D eigenvalue weighted by molar-refractivity contribution is 0.0787. The van der Waals surface area contributed by atoms with E-state index in [0.29, 0.717) is 35.7 Å². The smallest absolute Gasteiger partial charge is 0.258 e. The van der Waals surface area contributed by atoms with Crippen molar-refractivity contribution in [3.63, 3.8) is 0 Å². The molecule has 0 aliphatic rings. The summed E-state index contributed by atoms with van der Waals surface area (Å²) in [5.74, 6) is 0.593. The lowest BCUT2D eigenvalue weighted by Gasteiger charge is -2.23. The number of carbonyl (C=O) groups excluding carboxylic acids is 1. The second-order valence-electron chi connectivity index (χ2n) is 7.41. The summed E-state index contributed by atoms with van der Waals surface area (Å²) in [5.41, 5.74) is 9.85. The molecule has 3 aromatic rings. The second kappa shape index (κ2) is 9.56. The molecule has 2 heterocycles.